The van der Waals surface area contributed by atoms with Crippen molar-refractivity contribution in [3.05, 3.63) is 0 Å². The Balaban J connectivity index is 2.31. The summed E-state index contributed by atoms with van der Waals surface area (Å²) in [5.74, 6) is 1.15. The standard InChI is InChI=1S/C6H12ClNO2S/c7-2-3-8-6-1-4-11(9,10)5-6/h6,8H,1-5H2. The molecule has 1 rings (SSSR count). The monoisotopic (exact) mass is 197 g/mol. The minimum Gasteiger partial charge on any atom is -0.312 e. The van der Waals surface area contributed by atoms with E-state index in [-0.39, 0.29) is 11.8 Å². The predicted molar refractivity (Wildman–Crippen MR) is 45.8 cm³/mol. The van der Waals surface area contributed by atoms with Crippen molar-refractivity contribution in [1.82, 2.24) is 5.32 Å². The second-order valence-corrected chi connectivity index (χ2v) is 5.35. The van der Waals surface area contributed by atoms with Gasteiger partial charge in [0.05, 0.1) is 11.5 Å². The van der Waals surface area contributed by atoms with Crippen LogP contribution >= 0.6 is 11.6 Å². The molecule has 1 heterocycles. The van der Waals surface area contributed by atoms with Crippen LogP contribution in [-0.4, -0.2) is 38.4 Å². The van der Waals surface area contributed by atoms with Crippen molar-refractivity contribution in [1.29, 1.82) is 0 Å². The summed E-state index contributed by atoms with van der Waals surface area (Å²) in [6.45, 7) is 0.696. The van der Waals surface area contributed by atoms with Crippen LogP contribution in [-0.2, 0) is 9.84 Å². The number of hydrogen-bond acceptors (Lipinski definition) is 3. The van der Waals surface area contributed by atoms with E-state index in [1.54, 1.807) is 0 Å². The third-order valence-corrected chi connectivity index (χ3v) is 3.72. The molecule has 1 aliphatic heterocycles. The van der Waals surface area contributed by atoms with E-state index in [1.807, 2.05) is 0 Å². The first-order valence-corrected chi connectivity index (χ1v) is 5.99. The molecule has 5 heteroatoms. The summed E-state index contributed by atoms with van der Waals surface area (Å²) >= 11 is 5.44. The van der Waals surface area contributed by atoms with Crippen LogP contribution in [0.1, 0.15) is 6.42 Å². The van der Waals surface area contributed by atoms with Crippen LogP contribution in [0.3, 0.4) is 0 Å². The van der Waals surface area contributed by atoms with Crippen LogP contribution in [0.25, 0.3) is 0 Å². The number of hydrogen-bond donors (Lipinski definition) is 1. The van der Waals surface area contributed by atoms with E-state index >= 15 is 0 Å². The third kappa shape index (κ3) is 2.97. The molecule has 0 aromatic heterocycles. The summed E-state index contributed by atoms with van der Waals surface area (Å²) in [7, 11) is -2.73. The first-order chi connectivity index (χ1) is 5.14. The summed E-state index contributed by atoms with van der Waals surface area (Å²) in [5, 5.41) is 3.08. The molecule has 0 amide bonds. The molecule has 0 saturated carbocycles. The summed E-state index contributed by atoms with van der Waals surface area (Å²) < 4.78 is 21.9. The molecule has 1 atom stereocenters. The van der Waals surface area contributed by atoms with Crippen molar-refractivity contribution >= 4 is 21.4 Å². The van der Waals surface area contributed by atoms with Gasteiger partial charge in [0.2, 0.25) is 0 Å². The molecule has 0 aliphatic carbocycles. The second kappa shape index (κ2) is 3.74. The molecule has 0 bridgehead atoms. The quantitative estimate of drug-likeness (QED) is 0.648. The van der Waals surface area contributed by atoms with Crippen molar-refractivity contribution in [2.24, 2.45) is 0 Å². The summed E-state index contributed by atoms with van der Waals surface area (Å²) in [5.41, 5.74) is 0. The second-order valence-electron chi connectivity index (χ2n) is 2.74. The van der Waals surface area contributed by atoms with Gasteiger partial charge in [-0.15, -0.1) is 11.6 Å². The van der Waals surface area contributed by atoms with E-state index in [9.17, 15) is 8.42 Å². The highest BCUT2D eigenvalue weighted by Gasteiger charge is 2.26. The molecule has 1 aliphatic rings. The van der Waals surface area contributed by atoms with Gasteiger partial charge >= 0.3 is 0 Å². The maximum atomic E-state index is 10.9. The highest BCUT2D eigenvalue weighted by molar-refractivity contribution is 7.91. The third-order valence-electron chi connectivity index (χ3n) is 1.76. The zero-order valence-corrected chi connectivity index (χ0v) is 7.79. The number of sulfone groups is 1. The lowest BCUT2D eigenvalue weighted by molar-refractivity contribution is 0.574. The van der Waals surface area contributed by atoms with Crippen molar-refractivity contribution in [3.63, 3.8) is 0 Å². The highest BCUT2D eigenvalue weighted by Crippen LogP contribution is 2.10. The van der Waals surface area contributed by atoms with E-state index in [4.69, 9.17) is 11.6 Å². The molecule has 0 radical (unpaired) electrons. The maximum Gasteiger partial charge on any atom is 0.151 e. The van der Waals surface area contributed by atoms with Crippen LogP contribution in [0.5, 0.6) is 0 Å². The molecule has 0 spiro atoms. The molecule has 3 nitrogen and oxygen atoms in total. The molecular formula is C6H12ClNO2S. The Hall–Kier alpha value is 0.200. The van der Waals surface area contributed by atoms with Crippen LogP contribution in [0.2, 0.25) is 0 Å². The predicted octanol–water partition coefficient (Wildman–Crippen LogP) is 0.00190. The summed E-state index contributed by atoms with van der Waals surface area (Å²) in [4.78, 5) is 0. The molecule has 0 aromatic carbocycles. The molecule has 1 fully saturated rings. The largest absolute Gasteiger partial charge is 0.312 e. The lowest BCUT2D eigenvalue weighted by atomic mass is 10.3. The number of halogens is 1. The fourth-order valence-corrected chi connectivity index (χ4v) is 3.03. The van der Waals surface area contributed by atoms with Gasteiger partial charge in [-0.05, 0) is 6.42 Å². The van der Waals surface area contributed by atoms with Gasteiger partial charge < -0.3 is 5.32 Å². The highest BCUT2D eigenvalue weighted by atomic mass is 35.5. The van der Waals surface area contributed by atoms with Crippen LogP contribution in [0.15, 0.2) is 0 Å². The van der Waals surface area contributed by atoms with Gasteiger partial charge in [-0.1, -0.05) is 0 Å². The average Bonchev–Trinajstić information content (AvgIpc) is 2.26. The molecule has 11 heavy (non-hydrogen) atoms. The van der Waals surface area contributed by atoms with Crippen molar-refractivity contribution in [2.75, 3.05) is 23.9 Å². The Labute approximate surface area is 72.0 Å². The fourth-order valence-electron chi connectivity index (χ4n) is 1.21. The molecule has 1 saturated heterocycles. The normalized spacial score (nSPS) is 29.0. The van der Waals surface area contributed by atoms with Gasteiger partial charge in [-0.25, -0.2) is 8.42 Å². The Morgan fingerprint density at radius 1 is 1.55 bits per heavy atom. The smallest absolute Gasteiger partial charge is 0.151 e. The first-order valence-electron chi connectivity index (χ1n) is 3.64. The van der Waals surface area contributed by atoms with Gasteiger partial charge in [-0.3, -0.25) is 0 Å². The summed E-state index contributed by atoms with van der Waals surface area (Å²) in [6.07, 6.45) is 0.735. The molecule has 1 N–H and O–H groups in total. The molecular weight excluding hydrogens is 186 g/mol. The average molecular weight is 198 g/mol. The van der Waals surface area contributed by atoms with Gasteiger partial charge in [-0.2, -0.15) is 0 Å². The van der Waals surface area contributed by atoms with Gasteiger partial charge in [0.25, 0.3) is 0 Å². The van der Waals surface area contributed by atoms with Crippen molar-refractivity contribution in [2.45, 2.75) is 12.5 Å². The van der Waals surface area contributed by atoms with Crippen LogP contribution in [0, 0.1) is 0 Å². The van der Waals surface area contributed by atoms with E-state index < -0.39 is 9.84 Å². The number of rotatable bonds is 3. The molecule has 0 aromatic rings. The van der Waals surface area contributed by atoms with Gasteiger partial charge in [0.15, 0.2) is 9.84 Å². The lowest BCUT2D eigenvalue weighted by Crippen LogP contribution is -2.31. The molecule has 66 valence electrons. The Morgan fingerprint density at radius 3 is 2.73 bits per heavy atom. The van der Waals surface area contributed by atoms with Crippen LogP contribution < -0.4 is 5.32 Å². The number of nitrogens with one attached hydrogen (secondary N) is 1. The number of alkyl halides is 1. The topological polar surface area (TPSA) is 46.2 Å². The van der Waals surface area contributed by atoms with E-state index in [0.717, 1.165) is 6.42 Å². The fraction of sp³-hybridized carbons (Fsp3) is 1.00. The first kappa shape index (κ1) is 9.29. The van der Waals surface area contributed by atoms with E-state index in [0.29, 0.717) is 18.2 Å². The zero-order chi connectivity index (χ0) is 8.32. The Kier molecular flexibility index (Phi) is 3.16. The van der Waals surface area contributed by atoms with Crippen molar-refractivity contribution in [3.8, 4) is 0 Å². The Morgan fingerprint density at radius 2 is 2.27 bits per heavy atom. The van der Waals surface area contributed by atoms with Gasteiger partial charge in [0.1, 0.15) is 0 Å². The zero-order valence-electron chi connectivity index (χ0n) is 6.22. The SMILES string of the molecule is O=S1(=O)CCC(NCCCl)C1. The maximum absolute atomic E-state index is 10.9. The molecule has 1 unspecified atom stereocenters. The van der Waals surface area contributed by atoms with Crippen LogP contribution in [0.4, 0.5) is 0 Å². The lowest BCUT2D eigenvalue weighted by Gasteiger charge is -2.07. The van der Waals surface area contributed by atoms with Gasteiger partial charge in [0, 0.05) is 18.5 Å². The van der Waals surface area contributed by atoms with E-state index in [1.165, 1.54) is 0 Å². The van der Waals surface area contributed by atoms with E-state index in [2.05, 4.69) is 5.32 Å². The minimum atomic E-state index is -2.73. The minimum absolute atomic E-state index is 0.138. The Bertz CT molecular complexity index is 215. The van der Waals surface area contributed by atoms with Crippen molar-refractivity contribution < 1.29 is 8.42 Å². The summed E-state index contributed by atoms with van der Waals surface area (Å²) in [6, 6.07) is 0.138.